The van der Waals surface area contributed by atoms with Crippen LogP contribution in [0.2, 0.25) is 0 Å². The van der Waals surface area contributed by atoms with Crippen molar-refractivity contribution >= 4 is 22.9 Å². The molecule has 25 heavy (non-hydrogen) atoms. The van der Waals surface area contributed by atoms with Crippen molar-refractivity contribution in [2.75, 3.05) is 19.1 Å². The smallest absolute Gasteiger partial charge is 0.227 e. The molecule has 0 aliphatic rings. The Kier molecular flexibility index (Phi) is 5.46. The number of carbonyl (C=O) groups is 1. The van der Waals surface area contributed by atoms with Crippen molar-refractivity contribution in [3.05, 3.63) is 65.7 Å². The number of rotatable bonds is 6. The molecular weight excluding hydrogens is 332 g/mol. The third kappa shape index (κ3) is 4.25. The van der Waals surface area contributed by atoms with Gasteiger partial charge in [0.05, 0.1) is 12.8 Å². The van der Waals surface area contributed by atoms with Crippen LogP contribution in [0.5, 0.6) is 5.75 Å². The number of nitrogens with zero attached hydrogens (tertiary/aromatic N) is 2. The van der Waals surface area contributed by atoms with Crippen molar-refractivity contribution < 1.29 is 9.53 Å². The molecule has 3 rings (SSSR count). The van der Waals surface area contributed by atoms with Crippen molar-refractivity contribution in [1.82, 2.24) is 4.98 Å². The van der Waals surface area contributed by atoms with Gasteiger partial charge in [0.2, 0.25) is 5.91 Å². The first kappa shape index (κ1) is 17.2. The molecule has 0 aliphatic carbocycles. The van der Waals surface area contributed by atoms with Crippen LogP contribution >= 0.6 is 11.3 Å². The molecule has 0 unspecified atom stereocenters. The quantitative estimate of drug-likeness (QED) is 0.660. The van der Waals surface area contributed by atoms with Gasteiger partial charge in [0.1, 0.15) is 10.8 Å². The second kappa shape index (κ2) is 7.94. The standard InChI is InChI=1S/C20H20N2O2S/c1-22(17-6-4-3-5-7-17)19(23)13-10-16-14-25-20(21-16)15-8-11-18(24-2)12-9-15/h3-9,11-12,14H,10,13H2,1-2H3. The minimum absolute atomic E-state index is 0.0881. The zero-order chi connectivity index (χ0) is 17.6. The van der Waals surface area contributed by atoms with E-state index in [2.05, 4.69) is 4.98 Å². The zero-order valence-electron chi connectivity index (χ0n) is 14.3. The van der Waals surface area contributed by atoms with E-state index in [0.29, 0.717) is 12.8 Å². The second-order valence-corrected chi connectivity index (χ2v) is 6.52. The summed E-state index contributed by atoms with van der Waals surface area (Å²) < 4.78 is 5.17. The minimum Gasteiger partial charge on any atom is -0.497 e. The number of hydrogen-bond acceptors (Lipinski definition) is 4. The van der Waals surface area contributed by atoms with E-state index in [1.165, 1.54) is 0 Å². The van der Waals surface area contributed by atoms with Crippen molar-refractivity contribution in [2.45, 2.75) is 12.8 Å². The van der Waals surface area contributed by atoms with E-state index in [1.54, 1.807) is 23.3 Å². The summed E-state index contributed by atoms with van der Waals surface area (Å²) in [6.07, 6.45) is 1.08. The van der Waals surface area contributed by atoms with Crippen LogP contribution in [0.4, 0.5) is 5.69 Å². The minimum atomic E-state index is 0.0881. The molecule has 0 saturated carbocycles. The van der Waals surface area contributed by atoms with Gasteiger partial charge in [-0.25, -0.2) is 4.98 Å². The van der Waals surface area contributed by atoms with E-state index in [1.807, 2.05) is 67.0 Å². The Labute approximate surface area is 151 Å². The number of benzene rings is 2. The van der Waals surface area contributed by atoms with Crippen LogP contribution in [0.1, 0.15) is 12.1 Å². The molecule has 0 atom stereocenters. The third-order valence-electron chi connectivity index (χ3n) is 4.00. The lowest BCUT2D eigenvalue weighted by Crippen LogP contribution is -2.26. The Balaban J connectivity index is 1.60. The molecule has 0 fully saturated rings. The molecule has 0 aliphatic heterocycles. The Morgan fingerprint density at radius 1 is 1.12 bits per heavy atom. The number of thiazole rings is 1. The maximum atomic E-state index is 12.4. The van der Waals surface area contributed by atoms with Gasteiger partial charge in [0, 0.05) is 30.1 Å². The number of aryl methyl sites for hydroxylation is 1. The number of para-hydroxylation sites is 1. The Bertz CT molecular complexity index is 828. The first-order valence-corrected chi connectivity index (χ1v) is 8.96. The van der Waals surface area contributed by atoms with Crippen molar-refractivity contribution in [1.29, 1.82) is 0 Å². The van der Waals surface area contributed by atoms with Gasteiger partial charge in [0.25, 0.3) is 0 Å². The van der Waals surface area contributed by atoms with Gasteiger partial charge in [-0.3, -0.25) is 4.79 Å². The van der Waals surface area contributed by atoms with E-state index >= 15 is 0 Å². The Morgan fingerprint density at radius 2 is 1.84 bits per heavy atom. The highest BCUT2D eigenvalue weighted by atomic mass is 32.1. The third-order valence-corrected chi connectivity index (χ3v) is 4.94. The van der Waals surface area contributed by atoms with E-state index in [-0.39, 0.29) is 5.91 Å². The number of hydrogen-bond donors (Lipinski definition) is 0. The molecule has 4 nitrogen and oxygen atoms in total. The molecule has 128 valence electrons. The molecule has 3 aromatic rings. The van der Waals surface area contributed by atoms with Crippen LogP contribution in [0.3, 0.4) is 0 Å². The lowest BCUT2D eigenvalue weighted by atomic mass is 10.2. The lowest BCUT2D eigenvalue weighted by Gasteiger charge is -2.16. The van der Waals surface area contributed by atoms with Crippen LogP contribution in [0.25, 0.3) is 10.6 Å². The topological polar surface area (TPSA) is 42.4 Å². The van der Waals surface area contributed by atoms with Gasteiger partial charge in [0.15, 0.2) is 0 Å². The predicted octanol–water partition coefficient (Wildman–Crippen LogP) is 4.41. The second-order valence-electron chi connectivity index (χ2n) is 5.66. The fourth-order valence-corrected chi connectivity index (χ4v) is 3.35. The lowest BCUT2D eigenvalue weighted by molar-refractivity contribution is -0.118. The summed E-state index contributed by atoms with van der Waals surface area (Å²) in [6.45, 7) is 0. The molecule has 0 radical (unpaired) electrons. The number of ether oxygens (including phenoxy) is 1. The van der Waals surface area contributed by atoms with Gasteiger partial charge in [-0.1, -0.05) is 18.2 Å². The average Bonchev–Trinajstić information content (AvgIpc) is 3.15. The van der Waals surface area contributed by atoms with Crippen molar-refractivity contribution in [2.24, 2.45) is 0 Å². The van der Waals surface area contributed by atoms with E-state index in [4.69, 9.17) is 4.74 Å². The Hall–Kier alpha value is -2.66. The number of aromatic nitrogens is 1. The summed E-state index contributed by atoms with van der Waals surface area (Å²) >= 11 is 1.60. The van der Waals surface area contributed by atoms with Crippen molar-refractivity contribution in [3.8, 4) is 16.3 Å². The summed E-state index contributed by atoms with van der Waals surface area (Å²) in [5.74, 6) is 0.917. The van der Waals surface area contributed by atoms with E-state index in [9.17, 15) is 4.79 Å². The summed E-state index contributed by atoms with van der Waals surface area (Å²) in [4.78, 5) is 18.7. The van der Waals surface area contributed by atoms with Crippen LogP contribution < -0.4 is 9.64 Å². The first-order chi connectivity index (χ1) is 12.2. The number of methoxy groups -OCH3 is 1. The summed E-state index contributed by atoms with van der Waals surface area (Å²) in [5, 5.41) is 2.98. The molecule has 0 spiro atoms. The maximum Gasteiger partial charge on any atom is 0.227 e. The molecule has 1 heterocycles. The van der Waals surface area contributed by atoms with Crippen molar-refractivity contribution in [3.63, 3.8) is 0 Å². The van der Waals surface area contributed by atoms with E-state index < -0.39 is 0 Å². The zero-order valence-corrected chi connectivity index (χ0v) is 15.1. The molecule has 0 N–H and O–H groups in total. The highest BCUT2D eigenvalue weighted by Gasteiger charge is 2.12. The van der Waals surface area contributed by atoms with Gasteiger partial charge < -0.3 is 9.64 Å². The first-order valence-electron chi connectivity index (χ1n) is 8.08. The molecule has 2 aromatic carbocycles. The maximum absolute atomic E-state index is 12.4. The summed E-state index contributed by atoms with van der Waals surface area (Å²) in [6, 6.07) is 17.5. The van der Waals surface area contributed by atoms with Gasteiger partial charge in [-0.15, -0.1) is 11.3 Å². The van der Waals surface area contributed by atoms with Gasteiger partial charge in [-0.2, -0.15) is 0 Å². The average molecular weight is 352 g/mol. The molecule has 1 aromatic heterocycles. The number of carbonyl (C=O) groups excluding carboxylic acids is 1. The summed E-state index contributed by atoms with van der Waals surface area (Å²) in [7, 11) is 3.46. The fourth-order valence-electron chi connectivity index (χ4n) is 2.49. The Morgan fingerprint density at radius 3 is 2.52 bits per heavy atom. The molecule has 1 amide bonds. The summed E-state index contributed by atoms with van der Waals surface area (Å²) in [5.41, 5.74) is 2.92. The SMILES string of the molecule is COc1ccc(-c2nc(CCC(=O)N(C)c3ccccc3)cs2)cc1. The number of amides is 1. The van der Waals surface area contributed by atoms with Gasteiger partial charge >= 0.3 is 0 Å². The molecule has 5 heteroatoms. The monoisotopic (exact) mass is 352 g/mol. The molecule has 0 bridgehead atoms. The van der Waals surface area contributed by atoms with Crippen LogP contribution in [0.15, 0.2) is 60.0 Å². The largest absolute Gasteiger partial charge is 0.497 e. The molecule has 0 saturated heterocycles. The van der Waals surface area contributed by atoms with Gasteiger partial charge in [-0.05, 0) is 42.8 Å². The predicted molar refractivity (Wildman–Crippen MR) is 102 cm³/mol. The van der Waals surface area contributed by atoms with Crippen LogP contribution in [0, 0.1) is 0 Å². The van der Waals surface area contributed by atoms with E-state index in [0.717, 1.165) is 27.7 Å². The fraction of sp³-hybridized carbons (Fsp3) is 0.200. The van der Waals surface area contributed by atoms with Crippen LogP contribution in [-0.2, 0) is 11.2 Å². The van der Waals surface area contributed by atoms with Crippen LogP contribution in [-0.4, -0.2) is 25.0 Å². The highest BCUT2D eigenvalue weighted by Crippen LogP contribution is 2.26. The highest BCUT2D eigenvalue weighted by molar-refractivity contribution is 7.13. The number of anilines is 1. The normalized spacial score (nSPS) is 10.5. The molecular formula is C20H20N2O2S.